The van der Waals surface area contributed by atoms with Crippen molar-refractivity contribution < 1.29 is 14.0 Å². The number of hydrogen-bond donors (Lipinski definition) is 2. The highest BCUT2D eigenvalue weighted by Gasteiger charge is 2.40. The number of rotatable bonds is 4. The van der Waals surface area contributed by atoms with Crippen molar-refractivity contribution >= 4 is 33.3 Å². The number of nitrogens with one attached hydrogen (secondary N) is 2. The van der Waals surface area contributed by atoms with E-state index in [1.165, 1.54) is 24.3 Å². The van der Waals surface area contributed by atoms with Gasteiger partial charge in [0.1, 0.15) is 5.82 Å². The third-order valence-corrected chi connectivity index (χ3v) is 7.12. The van der Waals surface area contributed by atoms with Crippen LogP contribution in [0, 0.1) is 5.82 Å². The lowest BCUT2D eigenvalue weighted by Gasteiger charge is -2.37. The number of anilines is 1. The van der Waals surface area contributed by atoms with Crippen molar-refractivity contribution in [2.45, 2.75) is 31.6 Å². The Morgan fingerprint density at radius 1 is 0.971 bits per heavy atom. The minimum Gasteiger partial charge on any atom is -0.362 e. The van der Waals surface area contributed by atoms with E-state index >= 15 is 0 Å². The van der Waals surface area contributed by atoms with Crippen molar-refractivity contribution in [2.24, 2.45) is 0 Å². The van der Waals surface area contributed by atoms with Crippen LogP contribution in [0.3, 0.4) is 0 Å². The molecule has 1 aliphatic heterocycles. The fraction of sp³-hybridized carbons (Fsp3) is 0.172. The Morgan fingerprint density at radius 2 is 1.69 bits per heavy atom. The number of Topliss-reactive ketones (excluding diaryl/α,β-unsaturated/α-hetero) is 1. The lowest BCUT2D eigenvalue weighted by atomic mass is 9.71. The zero-order valence-corrected chi connectivity index (χ0v) is 20.7. The van der Waals surface area contributed by atoms with Gasteiger partial charge in [-0.05, 0) is 66.8 Å². The van der Waals surface area contributed by atoms with E-state index in [4.69, 9.17) is 0 Å². The van der Waals surface area contributed by atoms with Gasteiger partial charge < -0.3 is 10.6 Å². The predicted molar refractivity (Wildman–Crippen MR) is 138 cm³/mol. The molecule has 3 aromatic carbocycles. The van der Waals surface area contributed by atoms with Crippen molar-refractivity contribution in [3.8, 4) is 0 Å². The van der Waals surface area contributed by atoms with Crippen LogP contribution in [0.2, 0.25) is 0 Å². The van der Waals surface area contributed by atoms with Gasteiger partial charge in [-0.3, -0.25) is 9.59 Å². The largest absolute Gasteiger partial charge is 0.362 e. The number of amides is 1. The molecule has 2 aliphatic rings. The molecular weight excluding hydrogens is 507 g/mol. The molecule has 0 fully saturated rings. The standard InChI is InChI=1S/C29H24BrFN2O2/c1-17-26(29(35)33-23-12-10-22(31)11-13-23)27(19-8-5-9-21(30)14-19)28-24(32-17)15-20(16-25(28)34)18-6-3-2-4-7-18/h2-14,20,27,32H,15-16H2,1H3,(H,33,35). The summed E-state index contributed by atoms with van der Waals surface area (Å²) in [4.78, 5) is 27.2. The van der Waals surface area contributed by atoms with Gasteiger partial charge in [0.2, 0.25) is 0 Å². The van der Waals surface area contributed by atoms with E-state index in [1.807, 2.05) is 49.4 Å². The normalized spacial score (nSPS) is 19.8. The molecule has 1 amide bonds. The summed E-state index contributed by atoms with van der Waals surface area (Å²) in [7, 11) is 0. The molecule has 0 aromatic heterocycles. The van der Waals surface area contributed by atoms with Gasteiger partial charge >= 0.3 is 0 Å². The summed E-state index contributed by atoms with van der Waals surface area (Å²) < 4.78 is 14.2. The highest BCUT2D eigenvalue weighted by atomic mass is 79.9. The lowest BCUT2D eigenvalue weighted by Crippen LogP contribution is -2.37. The molecule has 0 saturated carbocycles. The van der Waals surface area contributed by atoms with E-state index in [2.05, 4.69) is 38.7 Å². The second-order valence-electron chi connectivity index (χ2n) is 8.94. The molecule has 4 nitrogen and oxygen atoms in total. The summed E-state index contributed by atoms with van der Waals surface area (Å²) in [5, 5.41) is 6.27. The van der Waals surface area contributed by atoms with E-state index in [-0.39, 0.29) is 23.4 Å². The fourth-order valence-electron chi connectivity index (χ4n) is 5.05. The summed E-state index contributed by atoms with van der Waals surface area (Å²) >= 11 is 3.54. The lowest BCUT2D eigenvalue weighted by molar-refractivity contribution is -0.116. The number of hydrogen-bond acceptors (Lipinski definition) is 3. The molecule has 0 saturated heterocycles. The molecule has 2 N–H and O–H groups in total. The Bertz CT molecular complexity index is 1360. The van der Waals surface area contributed by atoms with E-state index in [1.54, 1.807) is 0 Å². The topological polar surface area (TPSA) is 58.2 Å². The maximum absolute atomic E-state index is 13.6. The van der Waals surface area contributed by atoms with E-state index in [0.29, 0.717) is 35.4 Å². The number of allylic oxidation sites excluding steroid dienone is 3. The molecule has 5 rings (SSSR count). The maximum atomic E-state index is 13.6. The summed E-state index contributed by atoms with van der Waals surface area (Å²) in [5.74, 6) is -1.08. The number of carbonyl (C=O) groups excluding carboxylic acids is 2. The van der Waals surface area contributed by atoms with Crippen molar-refractivity contribution in [3.63, 3.8) is 0 Å². The van der Waals surface area contributed by atoms with Gasteiger partial charge in [0.25, 0.3) is 5.91 Å². The molecular formula is C29H24BrFN2O2. The third-order valence-electron chi connectivity index (χ3n) is 6.63. The zero-order valence-electron chi connectivity index (χ0n) is 19.1. The Labute approximate surface area is 212 Å². The van der Waals surface area contributed by atoms with Gasteiger partial charge in [-0.25, -0.2) is 4.39 Å². The first-order valence-electron chi connectivity index (χ1n) is 11.5. The minimum absolute atomic E-state index is 0.0390. The summed E-state index contributed by atoms with van der Waals surface area (Å²) in [6, 6.07) is 23.4. The molecule has 0 spiro atoms. The molecule has 3 aromatic rings. The number of benzene rings is 3. The summed E-state index contributed by atoms with van der Waals surface area (Å²) in [6.07, 6.45) is 1.08. The second kappa shape index (κ2) is 9.62. The highest BCUT2D eigenvalue weighted by Crippen LogP contribution is 2.46. The van der Waals surface area contributed by atoms with E-state index in [9.17, 15) is 14.0 Å². The highest BCUT2D eigenvalue weighted by molar-refractivity contribution is 9.10. The Balaban J connectivity index is 1.56. The molecule has 1 heterocycles. The molecule has 6 heteroatoms. The van der Waals surface area contributed by atoms with Crippen molar-refractivity contribution in [3.05, 3.63) is 123 Å². The maximum Gasteiger partial charge on any atom is 0.254 e. The van der Waals surface area contributed by atoms with Crippen LogP contribution in [0.4, 0.5) is 10.1 Å². The smallest absolute Gasteiger partial charge is 0.254 e. The van der Waals surface area contributed by atoms with Gasteiger partial charge in [-0.1, -0.05) is 58.4 Å². The van der Waals surface area contributed by atoms with Gasteiger partial charge in [0.05, 0.1) is 0 Å². The second-order valence-corrected chi connectivity index (χ2v) is 9.86. The Hall–Kier alpha value is -3.51. The van der Waals surface area contributed by atoms with Gasteiger partial charge in [-0.2, -0.15) is 0 Å². The quantitative estimate of drug-likeness (QED) is 0.400. The third kappa shape index (κ3) is 4.71. The van der Waals surface area contributed by atoms with Crippen molar-refractivity contribution in [2.75, 3.05) is 5.32 Å². The van der Waals surface area contributed by atoms with Crippen molar-refractivity contribution in [1.82, 2.24) is 5.32 Å². The first kappa shape index (κ1) is 23.2. The SMILES string of the molecule is CC1=C(C(=O)Nc2ccc(F)cc2)C(c2cccc(Br)c2)C2=C(CC(c3ccccc3)CC2=O)N1. The van der Waals surface area contributed by atoms with Crippen LogP contribution in [0.5, 0.6) is 0 Å². The van der Waals surface area contributed by atoms with Crippen LogP contribution in [0.1, 0.15) is 42.7 Å². The van der Waals surface area contributed by atoms with Gasteiger partial charge in [0.15, 0.2) is 5.78 Å². The van der Waals surface area contributed by atoms with Crippen LogP contribution in [0.15, 0.2) is 106 Å². The molecule has 1 aliphatic carbocycles. The molecule has 2 unspecified atom stereocenters. The van der Waals surface area contributed by atoms with Gasteiger partial charge in [-0.15, -0.1) is 0 Å². The molecule has 0 bridgehead atoms. The predicted octanol–water partition coefficient (Wildman–Crippen LogP) is 6.59. The van der Waals surface area contributed by atoms with E-state index in [0.717, 1.165) is 21.3 Å². The number of carbonyl (C=O) groups is 2. The van der Waals surface area contributed by atoms with Crippen LogP contribution in [-0.2, 0) is 9.59 Å². The average molecular weight is 531 g/mol. The van der Waals surface area contributed by atoms with Gasteiger partial charge in [0, 0.05) is 45.0 Å². The zero-order chi connectivity index (χ0) is 24.5. The summed E-state index contributed by atoms with van der Waals surface area (Å²) in [6.45, 7) is 1.87. The summed E-state index contributed by atoms with van der Waals surface area (Å²) in [5.41, 5.74) is 5.19. The first-order valence-corrected chi connectivity index (χ1v) is 12.3. The van der Waals surface area contributed by atoms with Crippen LogP contribution >= 0.6 is 15.9 Å². The number of dihydropyridines is 1. The molecule has 176 valence electrons. The van der Waals surface area contributed by atoms with Crippen molar-refractivity contribution in [1.29, 1.82) is 0 Å². The monoisotopic (exact) mass is 530 g/mol. The molecule has 35 heavy (non-hydrogen) atoms. The minimum atomic E-state index is -0.506. The fourth-order valence-corrected chi connectivity index (χ4v) is 5.47. The number of ketones is 1. The van der Waals surface area contributed by atoms with Crippen LogP contribution in [0.25, 0.3) is 0 Å². The first-order chi connectivity index (χ1) is 16.9. The van der Waals surface area contributed by atoms with Crippen LogP contribution in [-0.4, -0.2) is 11.7 Å². The van der Waals surface area contributed by atoms with E-state index < -0.39 is 5.92 Å². The number of halogens is 2. The average Bonchev–Trinajstić information content (AvgIpc) is 2.85. The molecule has 0 radical (unpaired) electrons. The Morgan fingerprint density at radius 3 is 2.40 bits per heavy atom. The Kier molecular flexibility index (Phi) is 6.39. The van der Waals surface area contributed by atoms with Crippen LogP contribution < -0.4 is 10.6 Å². The molecule has 2 atom stereocenters.